The van der Waals surface area contributed by atoms with Crippen LogP contribution in [-0.2, 0) is 6.54 Å². The first-order chi connectivity index (χ1) is 10.7. The Balaban J connectivity index is 1.59. The van der Waals surface area contributed by atoms with E-state index in [1.165, 1.54) is 69.0 Å². The summed E-state index contributed by atoms with van der Waals surface area (Å²) in [7, 11) is 0. The number of piperidine rings is 1. The molecule has 0 radical (unpaired) electrons. The van der Waals surface area contributed by atoms with Crippen molar-refractivity contribution in [1.29, 1.82) is 0 Å². The molecule has 1 saturated carbocycles. The molecule has 2 aliphatic rings. The van der Waals surface area contributed by atoms with Crippen molar-refractivity contribution in [3.8, 4) is 0 Å². The molecule has 0 aromatic heterocycles. The second-order valence-corrected chi connectivity index (χ2v) is 7.55. The van der Waals surface area contributed by atoms with Gasteiger partial charge in [0, 0.05) is 18.6 Å². The first-order valence-corrected chi connectivity index (χ1v) is 9.27. The number of likely N-dealkylation sites (tertiary alicyclic amines) is 1. The molecule has 2 atom stereocenters. The molecule has 0 amide bonds. The van der Waals surface area contributed by atoms with Crippen LogP contribution >= 0.6 is 0 Å². The van der Waals surface area contributed by atoms with Gasteiger partial charge in [-0.3, -0.25) is 4.90 Å². The SMILES string of the molecule is Cc1ccc(CN2CCCCC2CC(N)C2CCCC2)cc1. The Hall–Kier alpha value is -0.860. The molecule has 1 aliphatic heterocycles. The number of hydrogen-bond donors (Lipinski definition) is 1. The van der Waals surface area contributed by atoms with Gasteiger partial charge in [-0.25, -0.2) is 0 Å². The summed E-state index contributed by atoms with van der Waals surface area (Å²) in [5.74, 6) is 0.795. The summed E-state index contributed by atoms with van der Waals surface area (Å²) in [6, 6.07) is 10.2. The van der Waals surface area contributed by atoms with Crippen molar-refractivity contribution in [2.45, 2.75) is 76.9 Å². The van der Waals surface area contributed by atoms with Gasteiger partial charge < -0.3 is 5.73 Å². The monoisotopic (exact) mass is 300 g/mol. The van der Waals surface area contributed by atoms with Gasteiger partial charge in [0.05, 0.1) is 0 Å². The molecule has 2 heteroatoms. The Bertz CT molecular complexity index is 447. The summed E-state index contributed by atoms with van der Waals surface area (Å²) < 4.78 is 0. The number of rotatable bonds is 5. The van der Waals surface area contributed by atoms with E-state index >= 15 is 0 Å². The molecule has 1 aliphatic carbocycles. The molecule has 22 heavy (non-hydrogen) atoms. The quantitative estimate of drug-likeness (QED) is 0.880. The van der Waals surface area contributed by atoms with Crippen molar-refractivity contribution in [2.24, 2.45) is 11.7 Å². The van der Waals surface area contributed by atoms with Crippen LogP contribution in [0.5, 0.6) is 0 Å². The number of hydrogen-bond acceptors (Lipinski definition) is 2. The fourth-order valence-corrected chi connectivity index (χ4v) is 4.36. The highest BCUT2D eigenvalue weighted by Gasteiger charge is 2.28. The van der Waals surface area contributed by atoms with Crippen molar-refractivity contribution in [1.82, 2.24) is 4.90 Å². The van der Waals surface area contributed by atoms with Gasteiger partial charge >= 0.3 is 0 Å². The molecular weight excluding hydrogens is 268 g/mol. The van der Waals surface area contributed by atoms with Gasteiger partial charge in [-0.2, -0.15) is 0 Å². The Morgan fingerprint density at radius 2 is 1.73 bits per heavy atom. The van der Waals surface area contributed by atoms with Crippen LogP contribution in [-0.4, -0.2) is 23.5 Å². The average molecular weight is 300 g/mol. The van der Waals surface area contributed by atoms with Crippen LogP contribution in [0.15, 0.2) is 24.3 Å². The summed E-state index contributed by atoms with van der Waals surface area (Å²) in [4.78, 5) is 2.70. The second kappa shape index (κ2) is 7.61. The number of nitrogens with zero attached hydrogens (tertiary/aromatic N) is 1. The second-order valence-electron chi connectivity index (χ2n) is 7.55. The molecule has 2 unspecified atom stereocenters. The van der Waals surface area contributed by atoms with Crippen LogP contribution in [0.4, 0.5) is 0 Å². The smallest absolute Gasteiger partial charge is 0.0236 e. The Labute approximate surface area is 136 Å². The molecule has 122 valence electrons. The normalized spacial score (nSPS) is 25.5. The third-order valence-electron chi connectivity index (χ3n) is 5.80. The summed E-state index contributed by atoms with van der Waals surface area (Å²) >= 11 is 0. The zero-order valence-corrected chi connectivity index (χ0v) is 14.1. The molecule has 2 nitrogen and oxygen atoms in total. The van der Waals surface area contributed by atoms with Gasteiger partial charge in [0.1, 0.15) is 0 Å². The fraction of sp³-hybridized carbons (Fsp3) is 0.700. The number of benzene rings is 1. The highest BCUT2D eigenvalue weighted by Crippen LogP contribution is 2.31. The van der Waals surface area contributed by atoms with Gasteiger partial charge in [0.25, 0.3) is 0 Å². The predicted molar refractivity (Wildman–Crippen MR) is 93.8 cm³/mol. The zero-order valence-electron chi connectivity index (χ0n) is 14.1. The van der Waals surface area contributed by atoms with Crippen LogP contribution < -0.4 is 5.73 Å². The minimum absolute atomic E-state index is 0.422. The van der Waals surface area contributed by atoms with Crippen LogP contribution in [0.1, 0.15) is 62.5 Å². The Kier molecular flexibility index (Phi) is 5.54. The maximum atomic E-state index is 6.56. The molecule has 1 aromatic carbocycles. The van der Waals surface area contributed by atoms with Crippen molar-refractivity contribution in [2.75, 3.05) is 6.54 Å². The van der Waals surface area contributed by atoms with Gasteiger partial charge in [-0.15, -0.1) is 0 Å². The first kappa shape index (κ1) is 16.0. The molecule has 3 rings (SSSR count). The van der Waals surface area contributed by atoms with E-state index in [2.05, 4.69) is 36.1 Å². The van der Waals surface area contributed by atoms with E-state index < -0.39 is 0 Å². The van der Waals surface area contributed by atoms with E-state index in [1.807, 2.05) is 0 Å². The van der Waals surface area contributed by atoms with E-state index in [0.29, 0.717) is 12.1 Å². The van der Waals surface area contributed by atoms with Gasteiger partial charge in [-0.05, 0) is 57.1 Å². The van der Waals surface area contributed by atoms with E-state index in [0.717, 1.165) is 12.5 Å². The predicted octanol–water partition coefficient (Wildman–Crippen LogP) is 4.26. The Morgan fingerprint density at radius 3 is 2.45 bits per heavy atom. The van der Waals surface area contributed by atoms with Gasteiger partial charge in [-0.1, -0.05) is 49.1 Å². The molecule has 1 heterocycles. The zero-order chi connectivity index (χ0) is 15.4. The van der Waals surface area contributed by atoms with Crippen molar-refractivity contribution < 1.29 is 0 Å². The summed E-state index contributed by atoms with van der Waals surface area (Å²) in [5.41, 5.74) is 9.36. The number of aryl methyl sites for hydroxylation is 1. The molecule has 0 spiro atoms. The lowest BCUT2D eigenvalue weighted by Crippen LogP contribution is -2.44. The molecule has 1 aromatic rings. The molecule has 0 bridgehead atoms. The summed E-state index contributed by atoms with van der Waals surface area (Å²) in [6.07, 6.45) is 10.8. The minimum Gasteiger partial charge on any atom is -0.327 e. The third-order valence-corrected chi connectivity index (χ3v) is 5.80. The van der Waals surface area contributed by atoms with Gasteiger partial charge in [0.15, 0.2) is 0 Å². The van der Waals surface area contributed by atoms with Crippen LogP contribution in [0.3, 0.4) is 0 Å². The maximum Gasteiger partial charge on any atom is 0.0236 e. The first-order valence-electron chi connectivity index (χ1n) is 9.27. The summed E-state index contributed by atoms with van der Waals surface area (Å²) in [6.45, 7) is 4.51. The van der Waals surface area contributed by atoms with Crippen LogP contribution in [0.25, 0.3) is 0 Å². The molecule has 1 saturated heterocycles. The fourth-order valence-electron chi connectivity index (χ4n) is 4.36. The lowest BCUT2D eigenvalue weighted by molar-refractivity contribution is 0.119. The van der Waals surface area contributed by atoms with E-state index in [1.54, 1.807) is 0 Å². The average Bonchev–Trinajstić information content (AvgIpc) is 3.06. The number of nitrogens with two attached hydrogens (primary N) is 1. The van der Waals surface area contributed by atoms with Crippen molar-refractivity contribution >= 4 is 0 Å². The van der Waals surface area contributed by atoms with Gasteiger partial charge in [0.2, 0.25) is 0 Å². The minimum atomic E-state index is 0.422. The Morgan fingerprint density at radius 1 is 1.05 bits per heavy atom. The van der Waals surface area contributed by atoms with E-state index in [9.17, 15) is 0 Å². The van der Waals surface area contributed by atoms with Crippen molar-refractivity contribution in [3.05, 3.63) is 35.4 Å². The van der Waals surface area contributed by atoms with E-state index in [-0.39, 0.29) is 0 Å². The standard InChI is InChI=1S/C20H32N2/c1-16-9-11-17(12-10-16)15-22-13-5-4-8-19(22)14-20(21)18-6-2-3-7-18/h9-12,18-20H,2-8,13-15,21H2,1H3. The lowest BCUT2D eigenvalue weighted by Gasteiger charge is -2.38. The highest BCUT2D eigenvalue weighted by atomic mass is 15.2. The summed E-state index contributed by atoms with van der Waals surface area (Å²) in [5, 5.41) is 0. The maximum absolute atomic E-state index is 6.56. The topological polar surface area (TPSA) is 29.3 Å². The lowest BCUT2D eigenvalue weighted by atomic mass is 9.89. The molecular formula is C20H32N2. The molecule has 2 fully saturated rings. The van der Waals surface area contributed by atoms with E-state index in [4.69, 9.17) is 5.73 Å². The largest absolute Gasteiger partial charge is 0.327 e. The third kappa shape index (κ3) is 4.11. The molecule has 2 N–H and O–H groups in total. The highest BCUT2D eigenvalue weighted by molar-refractivity contribution is 5.21. The van der Waals surface area contributed by atoms with Crippen LogP contribution in [0.2, 0.25) is 0 Å². The van der Waals surface area contributed by atoms with Crippen LogP contribution in [0, 0.1) is 12.8 Å². The van der Waals surface area contributed by atoms with Crippen molar-refractivity contribution in [3.63, 3.8) is 0 Å².